The van der Waals surface area contributed by atoms with Gasteiger partial charge in [-0.2, -0.15) is 11.8 Å². The third-order valence-corrected chi connectivity index (χ3v) is 3.89. The third kappa shape index (κ3) is 6.47. The molecule has 1 heterocycles. The molecular formula is C12H22OS. The van der Waals surface area contributed by atoms with Crippen molar-refractivity contribution >= 4 is 17.5 Å². The summed E-state index contributed by atoms with van der Waals surface area (Å²) in [6.07, 6.45) is 10.5. The molecule has 1 rings (SSSR count). The molecule has 0 amide bonds. The Morgan fingerprint density at radius 3 is 2.00 bits per heavy atom. The smallest absolute Gasteiger partial charge is 0.132 e. The predicted octanol–water partition coefficient (Wildman–Crippen LogP) is 3.81. The minimum atomic E-state index is 0.495. The van der Waals surface area contributed by atoms with E-state index in [-0.39, 0.29) is 0 Å². The lowest BCUT2D eigenvalue weighted by Gasteiger charge is -1.99. The monoisotopic (exact) mass is 214 g/mol. The van der Waals surface area contributed by atoms with Crippen molar-refractivity contribution in [3.8, 4) is 0 Å². The molecule has 0 radical (unpaired) electrons. The van der Waals surface area contributed by atoms with Gasteiger partial charge in [0.05, 0.1) is 0 Å². The zero-order valence-corrected chi connectivity index (χ0v) is 9.91. The Hall–Kier alpha value is 0.0200. The molecule has 1 aliphatic rings. The molecule has 2 heteroatoms. The van der Waals surface area contributed by atoms with Gasteiger partial charge in [0.25, 0.3) is 0 Å². The number of hydrogen-bond acceptors (Lipinski definition) is 2. The zero-order chi connectivity index (χ0) is 10.1. The van der Waals surface area contributed by atoms with Crippen molar-refractivity contribution in [1.29, 1.82) is 0 Å². The fourth-order valence-corrected chi connectivity index (χ4v) is 2.83. The summed E-state index contributed by atoms with van der Waals surface area (Å²) >= 11 is 2.06. The minimum Gasteiger partial charge on any atom is -0.300 e. The number of carbonyl (C=O) groups excluding carboxylic acids is 1. The first kappa shape index (κ1) is 12.1. The molecule has 0 aromatic heterocycles. The maximum atomic E-state index is 11.4. The number of Topliss-reactive ketones (excluding diaryl/α,β-unsaturated/α-hetero) is 1. The molecule has 0 unspecified atom stereocenters. The molecular weight excluding hydrogens is 192 g/mol. The van der Waals surface area contributed by atoms with Crippen molar-refractivity contribution in [3.05, 3.63) is 0 Å². The van der Waals surface area contributed by atoms with Crippen molar-refractivity contribution in [3.63, 3.8) is 0 Å². The molecule has 0 atom stereocenters. The van der Waals surface area contributed by atoms with Gasteiger partial charge < -0.3 is 0 Å². The van der Waals surface area contributed by atoms with Gasteiger partial charge in [0, 0.05) is 12.8 Å². The standard InChI is InChI=1S/C12H22OS/c13-12-8-4-2-1-3-6-10-14-11-7-5-9-12/h1-11H2. The molecule has 0 aromatic carbocycles. The highest BCUT2D eigenvalue weighted by molar-refractivity contribution is 7.99. The molecule has 0 spiro atoms. The molecule has 14 heavy (non-hydrogen) atoms. The molecule has 0 N–H and O–H groups in total. The Morgan fingerprint density at radius 1 is 0.714 bits per heavy atom. The number of rotatable bonds is 0. The Balaban J connectivity index is 2.15. The van der Waals surface area contributed by atoms with Crippen LogP contribution in [-0.4, -0.2) is 17.3 Å². The highest BCUT2D eigenvalue weighted by atomic mass is 32.2. The fourth-order valence-electron chi connectivity index (χ4n) is 1.81. The van der Waals surface area contributed by atoms with Crippen molar-refractivity contribution in [2.24, 2.45) is 0 Å². The van der Waals surface area contributed by atoms with Crippen molar-refractivity contribution in [1.82, 2.24) is 0 Å². The van der Waals surface area contributed by atoms with Crippen LogP contribution in [-0.2, 0) is 4.79 Å². The van der Waals surface area contributed by atoms with Gasteiger partial charge in [-0.3, -0.25) is 4.79 Å². The quantitative estimate of drug-likeness (QED) is 0.610. The first-order valence-corrected chi connectivity index (χ1v) is 7.14. The average Bonchev–Trinajstić information content (AvgIpc) is 2.20. The Bertz CT molecular complexity index is 140. The third-order valence-electron chi connectivity index (χ3n) is 2.74. The summed E-state index contributed by atoms with van der Waals surface area (Å²) in [5.74, 6) is 3.08. The summed E-state index contributed by atoms with van der Waals surface area (Å²) in [7, 11) is 0. The Labute approximate surface area is 92.0 Å². The summed E-state index contributed by atoms with van der Waals surface area (Å²) in [6.45, 7) is 0. The topological polar surface area (TPSA) is 17.1 Å². The molecule has 1 saturated heterocycles. The molecule has 0 aromatic rings. The van der Waals surface area contributed by atoms with Gasteiger partial charge in [0.15, 0.2) is 0 Å². The van der Waals surface area contributed by atoms with E-state index in [0.717, 1.165) is 25.7 Å². The van der Waals surface area contributed by atoms with Crippen LogP contribution in [0, 0.1) is 0 Å². The van der Waals surface area contributed by atoms with Crippen LogP contribution in [0.2, 0.25) is 0 Å². The number of thioether (sulfide) groups is 1. The summed E-state index contributed by atoms with van der Waals surface area (Å²) < 4.78 is 0. The Kier molecular flexibility index (Phi) is 7.20. The normalized spacial score (nSPS) is 23.3. The summed E-state index contributed by atoms with van der Waals surface area (Å²) in [5, 5.41) is 0. The summed E-state index contributed by atoms with van der Waals surface area (Å²) in [6, 6.07) is 0. The van der Waals surface area contributed by atoms with Crippen LogP contribution in [0.4, 0.5) is 0 Å². The average molecular weight is 214 g/mol. The predicted molar refractivity (Wildman–Crippen MR) is 63.9 cm³/mol. The first-order chi connectivity index (χ1) is 6.89. The maximum Gasteiger partial charge on any atom is 0.132 e. The van der Waals surface area contributed by atoms with E-state index in [1.54, 1.807) is 0 Å². The molecule has 1 nitrogen and oxygen atoms in total. The van der Waals surface area contributed by atoms with Crippen LogP contribution in [0.25, 0.3) is 0 Å². The van der Waals surface area contributed by atoms with E-state index in [4.69, 9.17) is 0 Å². The van der Waals surface area contributed by atoms with E-state index in [1.165, 1.54) is 43.6 Å². The second-order valence-corrected chi connectivity index (χ2v) is 5.35. The van der Waals surface area contributed by atoms with Crippen LogP contribution in [0.3, 0.4) is 0 Å². The van der Waals surface area contributed by atoms with E-state index in [0.29, 0.717) is 5.78 Å². The minimum absolute atomic E-state index is 0.495. The lowest BCUT2D eigenvalue weighted by atomic mass is 10.1. The van der Waals surface area contributed by atoms with Gasteiger partial charge in [-0.05, 0) is 37.2 Å². The second kappa shape index (κ2) is 8.34. The SMILES string of the molecule is O=C1CCCCCCCSCCCC1. The maximum absolute atomic E-state index is 11.4. The molecule has 0 saturated carbocycles. The van der Waals surface area contributed by atoms with Gasteiger partial charge in [-0.1, -0.05) is 19.3 Å². The number of hydrogen-bond donors (Lipinski definition) is 0. The lowest BCUT2D eigenvalue weighted by molar-refractivity contribution is -0.119. The summed E-state index contributed by atoms with van der Waals surface area (Å²) in [4.78, 5) is 11.4. The van der Waals surface area contributed by atoms with E-state index < -0.39 is 0 Å². The zero-order valence-electron chi connectivity index (χ0n) is 9.09. The van der Waals surface area contributed by atoms with E-state index >= 15 is 0 Å². The van der Waals surface area contributed by atoms with E-state index in [9.17, 15) is 4.79 Å². The van der Waals surface area contributed by atoms with Crippen LogP contribution < -0.4 is 0 Å². The van der Waals surface area contributed by atoms with E-state index in [2.05, 4.69) is 11.8 Å². The molecule has 82 valence electrons. The molecule has 1 aliphatic heterocycles. The first-order valence-electron chi connectivity index (χ1n) is 5.99. The van der Waals surface area contributed by atoms with Gasteiger partial charge >= 0.3 is 0 Å². The number of ketones is 1. The molecule has 1 fully saturated rings. The summed E-state index contributed by atoms with van der Waals surface area (Å²) in [5.41, 5.74) is 0. The Morgan fingerprint density at radius 2 is 1.21 bits per heavy atom. The van der Waals surface area contributed by atoms with Crippen molar-refractivity contribution in [2.75, 3.05) is 11.5 Å². The van der Waals surface area contributed by atoms with Crippen LogP contribution in [0.1, 0.15) is 57.8 Å². The molecule has 0 aliphatic carbocycles. The van der Waals surface area contributed by atoms with Crippen LogP contribution in [0.15, 0.2) is 0 Å². The lowest BCUT2D eigenvalue weighted by Crippen LogP contribution is -1.97. The molecule has 0 bridgehead atoms. The van der Waals surface area contributed by atoms with Crippen LogP contribution >= 0.6 is 11.8 Å². The largest absolute Gasteiger partial charge is 0.300 e. The van der Waals surface area contributed by atoms with Crippen molar-refractivity contribution < 1.29 is 4.79 Å². The van der Waals surface area contributed by atoms with Gasteiger partial charge in [-0.15, -0.1) is 0 Å². The van der Waals surface area contributed by atoms with Crippen molar-refractivity contribution in [2.45, 2.75) is 57.8 Å². The van der Waals surface area contributed by atoms with Crippen LogP contribution in [0.5, 0.6) is 0 Å². The fraction of sp³-hybridized carbons (Fsp3) is 0.917. The van der Waals surface area contributed by atoms with Gasteiger partial charge in [0.1, 0.15) is 5.78 Å². The van der Waals surface area contributed by atoms with Gasteiger partial charge in [-0.25, -0.2) is 0 Å². The number of carbonyl (C=O) groups is 1. The van der Waals surface area contributed by atoms with E-state index in [1.807, 2.05) is 0 Å². The van der Waals surface area contributed by atoms with Gasteiger partial charge in [0.2, 0.25) is 0 Å². The highest BCUT2D eigenvalue weighted by Crippen LogP contribution is 2.14. The second-order valence-electron chi connectivity index (χ2n) is 4.13. The highest BCUT2D eigenvalue weighted by Gasteiger charge is 2.02.